The second-order valence-corrected chi connectivity index (χ2v) is 2.55. The zero-order valence-electron chi connectivity index (χ0n) is 6.87. The Balaban J connectivity index is 3.09. The summed E-state index contributed by atoms with van der Waals surface area (Å²) in [6.45, 7) is 1.75. The Bertz CT molecular complexity index is 307. The molecular weight excluding hydrogens is 154 g/mol. The number of aromatic hydroxyl groups is 1. The molecule has 0 aliphatic heterocycles. The Morgan fingerprint density at radius 2 is 2.25 bits per heavy atom. The van der Waals surface area contributed by atoms with Crippen LogP contribution in [0.3, 0.4) is 0 Å². The van der Waals surface area contributed by atoms with Gasteiger partial charge in [0, 0.05) is 18.2 Å². The molecule has 0 aliphatic rings. The van der Waals surface area contributed by atoms with E-state index in [0.717, 1.165) is 0 Å². The molecule has 0 unspecified atom stereocenters. The molecule has 1 aromatic rings. The Labute approximate surface area is 70.8 Å². The minimum atomic E-state index is -0.0764. The van der Waals surface area contributed by atoms with Crippen molar-refractivity contribution in [1.29, 1.82) is 0 Å². The number of hydrogen-bond donors (Lipinski definition) is 2. The molecule has 0 bridgehead atoms. The maximum absolute atomic E-state index is 11.1. The van der Waals surface area contributed by atoms with Crippen molar-refractivity contribution in [2.24, 2.45) is 0 Å². The molecule has 64 valence electrons. The molecule has 0 radical (unpaired) electrons. The number of hydrogen-bond acceptors (Lipinski definition) is 3. The van der Waals surface area contributed by atoms with Gasteiger partial charge in [0.25, 0.3) is 0 Å². The molecule has 0 heterocycles. The number of nitrogens with two attached hydrogens (primary N) is 1. The summed E-state index contributed by atoms with van der Waals surface area (Å²) in [5.41, 5.74) is 6.20. The fourth-order valence-corrected chi connectivity index (χ4v) is 0.975. The number of phenolic OH excluding ortho intramolecular Hbond substituents is 1. The van der Waals surface area contributed by atoms with E-state index in [4.69, 9.17) is 5.73 Å². The van der Waals surface area contributed by atoms with E-state index in [9.17, 15) is 9.90 Å². The molecule has 1 rings (SSSR count). The number of anilines is 1. The molecule has 3 heteroatoms. The van der Waals surface area contributed by atoms with Gasteiger partial charge in [0.05, 0.1) is 5.56 Å². The van der Waals surface area contributed by atoms with E-state index in [2.05, 4.69) is 0 Å². The normalized spacial score (nSPS) is 9.75. The lowest BCUT2D eigenvalue weighted by Crippen LogP contribution is -1.97. The van der Waals surface area contributed by atoms with E-state index >= 15 is 0 Å². The average molecular weight is 165 g/mol. The number of nitrogen functional groups attached to an aromatic ring is 1. The van der Waals surface area contributed by atoms with Crippen LogP contribution in [0.5, 0.6) is 5.75 Å². The third-order valence-electron chi connectivity index (χ3n) is 1.64. The van der Waals surface area contributed by atoms with Crippen molar-refractivity contribution in [3.8, 4) is 5.75 Å². The number of Topliss-reactive ketones (excluding diaryl/α,β-unsaturated/α-hetero) is 1. The average Bonchev–Trinajstić information content (AvgIpc) is 2.03. The van der Waals surface area contributed by atoms with Crippen LogP contribution < -0.4 is 5.73 Å². The van der Waals surface area contributed by atoms with Crippen LogP contribution in [0.25, 0.3) is 0 Å². The van der Waals surface area contributed by atoms with Gasteiger partial charge < -0.3 is 10.8 Å². The predicted molar refractivity (Wildman–Crippen MR) is 47.1 cm³/mol. The van der Waals surface area contributed by atoms with Crippen molar-refractivity contribution in [3.63, 3.8) is 0 Å². The molecule has 0 aromatic heterocycles. The lowest BCUT2D eigenvalue weighted by Gasteiger charge is -2.01. The standard InChI is InChI=1S/C9H11NO2/c1-2-8(11)7-4-3-6(10)5-9(7)12/h3-5,12H,2,10H2,1H3. The summed E-state index contributed by atoms with van der Waals surface area (Å²) in [6.07, 6.45) is 0.386. The minimum absolute atomic E-state index is 0.0400. The van der Waals surface area contributed by atoms with Gasteiger partial charge in [-0.2, -0.15) is 0 Å². The van der Waals surface area contributed by atoms with Gasteiger partial charge >= 0.3 is 0 Å². The Hall–Kier alpha value is -1.51. The molecule has 12 heavy (non-hydrogen) atoms. The largest absolute Gasteiger partial charge is 0.507 e. The van der Waals surface area contributed by atoms with Crippen molar-refractivity contribution in [2.75, 3.05) is 5.73 Å². The van der Waals surface area contributed by atoms with E-state index < -0.39 is 0 Å². The smallest absolute Gasteiger partial charge is 0.166 e. The molecule has 3 nitrogen and oxygen atoms in total. The quantitative estimate of drug-likeness (QED) is 0.516. The summed E-state index contributed by atoms with van der Waals surface area (Å²) in [4.78, 5) is 11.1. The maximum Gasteiger partial charge on any atom is 0.166 e. The lowest BCUT2D eigenvalue weighted by atomic mass is 10.1. The summed E-state index contributed by atoms with van der Waals surface area (Å²) < 4.78 is 0. The molecule has 0 spiro atoms. The van der Waals surface area contributed by atoms with E-state index in [1.165, 1.54) is 12.1 Å². The summed E-state index contributed by atoms with van der Waals surface area (Å²) in [6, 6.07) is 4.52. The third-order valence-corrected chi connectivity index (χ3v) is 1.64. The van der Waals surface area contributed by atoms with Crippen LogP contribution in [-0.2, 0) is 0 Å². The van der Waals surface area contributed by atoms with Crippen LogP contribution in [0.1, 0.15) is 23.7 Å². The highest BCUT2D eigenvalue weighted by molar-refractivity contribution is 5.98. The molecule has 1 aromatic carbocycles. The molecule has 0 atom stereocenters. The van der Waals surface area contributed by atoms with Crippen LogP contribution in [0, 0.1) is 0 Å². The fourth-order valence-electron chi connectivity index (χ4n) is 0.975. The molecule has 0 amide bonds. The van der Waals surface area contributed by atoms with Crippen molar-refractivity contribution in [3.05, 3.63) is 23.8 Å². The second-order valence-electron chi connectivity index (χ2n) is 2.55. The van der Waals surface area contributed by atoms with Gasteiger partial charge in [0.15, 0.2) is 5.78 Å². The van der Waals surface area contributed by atoms with Gasteiger partial charge in [-0.3, -0.25) is 4.79 Å². The second kappa shape index (κ2) is 3.26. The zero-order chi connectivity index (χ0) is 9.14. The Morgan fingerprint density at radius 1 is 1.58 bits per heavy atom. The molecule has 3 N–H and O–H groups in total. The van der Waals surface area contributed by atoms with Gasteiger partial charge in [0.2, 0.25) is 0 Å². The highest BCUT2D eigenvalue weighted by atomic mass is 16.3. The molecule has 0 aliphatic carbocycles. The van der Waals surface area contributed by atoms with Gasteiger partial charge in [-0.25, -0.2) is 0 Å². The third kappa shape index (κ3) is 1.56. The van der Waals surface area contributed by atoms with Gasteiger partial charge in [-0.15, -0.1) is 0 Å². The molecule has 0 saturated carbocycles. The van der Waals surface area contributed by atoms with Crippen LogP contribution in [0.15, 0.2) is 18.2 Å². The number of carbonyl (C=O) groups excluding carboxylic acids is 1. The first kappa shape index (κ1) is 8.59. The van der Waals surface area contributed by atoms with Crippen LogP contribution in [-0.4, -0.2) is 10.9 Å². The number of benzene rings is 1. The number of rotatable bonds is 2. The predicted octanol–water partition coefficient (Wildman–Crippen LogP) is 1.57. The highest BCUT2D eigenvalue weighted by Crippen LogP contribution is 2.21. The summed E-state index contributed by atoms with van der Waals surface area (Å²) in [5, 5.41) is 9.29. The first-order valence-corrected chi connectivity index (χ1v) is 3.77. The highest BCUT2D eigenvalue weighted by Gasteiger charge is 2.07. The van der Waals surface area contributed by atoms with E-state index in [1.54, 1.807) is 13.0 Å². The SMILES string of the molecule is CCC(=O)c1ccc(N)cc1O. The van der Waals surface area contributed by atoms with Gasteiger partial charge in [-0.05, 0) is 12.1 Å². The summed E-state index contributed by atoms with van der Waals surface area (Å²) in [5.74, 6) is -0.116. The van der Waals surface area contributed by atoms with Gasteiger partial charge in [-0.1, -0.05) is 6.92 Å². The lowest BCUT2D eigenvalue weighted by molar-refractivity contribution is 0.0985. The number of ketones is 1. The van der Waals surface area contributed by atoms with Crippen molar-refractivity contribution < 1.29 is 9.90 Å². The van der Waals surface area contributed by atoms with Crippen molar-refractivity contribution in [1.82, 2.24) is 0 Å². The van der Waals surface area contributed by atoms with E-state index in [-0.39, 0.29) is 11.5 Å². The molecule has 0 fully saturated rings. The topological polar surface area (TPSA) is 63.3 Å². The molecular formula is C9H11NO2. The fraction of sp³-hybridized carbons (Fsp3) is 0.222. The van der Waals surface area contributed by atoms with E-state index in [0.29, 0.717) is 17.7 Å². The minimum Gasteiger partial charge on any atom is -0.507 e. The number of carbonyl (C=O) groups is 1. The zero-order valence-corrected chi connectivity index (χ0v) is 6.87. The molecule has 0 saturated heterocycles. The summed E-state index contributed by atoms with van der Waals surface area (Å²) >= 11 is 0. The van der Waals surface area contributed by atoms with Crippen molar-refractivity contribution in [2.45, 2.75) is 13.3 Å². The van der Waals surface area contributed by atoms with Crippen LogP contribution >= 0.6 is 0 Å². The van der Waals surface area contributed by atoms with Crippen molar-refractivity contribution >= 4 is 11.5 Å². The number of phenols is 1. The first-order chi connectivity index (χ1) is 5.65. The first-order valence-electron chi connectivity index (χ1n) is 3.77. The monoisotopic (exact) mass is 165 g/mol. The maximum atomic E-state index is 11.1. The Kier molecular flexibility index (Phi) is 2.33. The van der Waals surface area contributed by atoms with Gasteiger partial charge in [0.1, 0.15) is 5.75 Å². The summed E-state index contributed by atoms with van der Waals surface area (Å²) in [7, 11) is 0. The van der Waals surface area contributed by atoms with E-state index in [1.807, 2.05) is 0 Å². The Morgan fingerprint density at radius 3 is 2.75 bits per heavy atom. The van der Waals surface area contributed by atoms with Crippen LogP contribution in [0.2, 0.25) is 0 Å². The van der Waals surface area contributed by atoms with Crippen LogP contribution in [0.4, 0.5) is 5.69 Å².